The summed E-state index contributed by atoms with van der Waals surface area (Å²) in [6, 6.07) is 12.1. The number of phenols is 1. The number of benzene rings is 2. The van der Waals surface area contributed by atoms with Crippen molar-refractivity contribution < 1.29 is 14.6 Å². The molecule has 1 N–H and O–H groups in total. The van der Waals surface area contributed by atoms with Crippen molar-refractivity contribution >= 4 is 16.9 Å². The molecule has 2 aromatic carbocycles. The van der Waals surface area contributed by atoms with Gasteiger partial charge in [0.1, 0.15) is 11.4 Å². The minimum absolute atomic E-state index is 0.192. The van der Waals surface area contributed by atoms with E-state index in [1.54, 1.807) is 11.0 Å². The second kappa shape index (κ2) is 7.77. The van der Waals surface area contributed by atoms with Crippen LogP contribution in [0.2, 0.25) is 0 Å². The number of piperidine rings is 1. The van der Waals surface area contributed by atoms with Crippen LogP contribution in [0, 0.1) is 0 Å². The van der Waals surface area contributed by atoms with Crippen LogP contribution >= 0.6 is 0 Å². The Morgan fingerprint density at radius 3 is 2.52 bits per heavy atom. The van der Waals surface area contributed by atoms with Gasteiger partial charge in [0, 0.05) is 38.3 Å². The van der Waals surface area contributed by atoms with E-state index in [1.165, 1.54) is 0 Å². The molecule has 1 aliphatic heterocycles. The van der Waals surface area contributed by atoms with Gasteiger partial charge in [-0.05, 0) is 50.5 Å². The smallest absolute Gasteiger partial charge is 0.410 e. The van der Waals surface area contributed by atoms with Crippen LogP contribution in [0.1, 0.15) is 39.2 Å². The number of rotatable bonds is 3. The third kappa shape index (κ3) is 4.72. The topological polar surface area (TPSA) is 53.0 Å². The zero-order valence-electron chi connectivity index (χ0n) is 16.7. The molecular weight excluding hydrogens is 340 g/mol. The third-order valence-corrected chi connectivity index (χ3v) is 5.18. The summed E-state index contributed by atoms with van der Waals surface area (Å²) >= 11 is 0. The summed E-state index contributed by atoms with van der Waals surface area (Å²) in [5, 5.41) is 12.6. The molecule has 1 aliphatic rings. The number of phenolic OH excluding ortho intramolecular Hbond substituents is 1. The van der Waals surface area contributed by atoms with Gasteiger partial charge in [-0.15, -0.1) is 0 Å². The fourth-order valence-corrected chi connectivity index (χ4v) is 3.66. The summed E-state index contributed by atoms with van der Waals surface area (Å²) in [5.74, 6) is 0.349. The number of hydrogen-bond donors (Lipinski definition) is 1. The number of aromatic hydroxyl groups is 1. The maximum atomic E-state index is 12.3. The van der Waals surface area contributed by atoms with Gasteiger partial charge in [0.2, 0.25) is 0 Å². The number of fused-ring (bicyclic) bond motifs is 1. The molecule has 0 aliphatic carbocycles. The fourth-order valence-electron chi connectivity index (χ4n) is 3.66. The quantitative estimate of drug-likeness (QED) is 0.871. The Balaban J connectivity index is 1.62. The summed E-state index contributed by atoms with van der Waals surface area (Å²) in [7, 11) is 1.82. The molecule has 1 fully saturated rings. The average molecular weight is 370 g/mol. The van der Waals surface area contributed by atoms with E-state index in [-0.39, 0.29) is 12.1 Å². The summed E-state index contributed by atoms with van der Waals surface area (Å²) in [4.78, 5) is 16.4. The average Bonchev–Trinajstić information content (AvgIpc) is 2.62. The first-order valence-corrected chi connectivity index (χ1v) is 9.62. The first-order valence-electron chi connectivity index (χ1n) is 9.62. The van der Waals surface area contributed by atoms with Gasteiger partial charge in [-0.25, -0.2) is 4.79 Å². The molecule has 0 aromatic heterocycles. The summed E-state index contributed by atoms with van der Waals surface area (Å²) < 4.78 is 5.48. The summed E-state index contributed by atoms with van der Waals surface area (Å²) in [6.45, 7) is 8.16. The first kappa shape index (κ1) is 19.5. The highest BCUT2D eigenvalue weighted by Gasteiger charge is 2.28. The van der Waals surface area contributed by atoms with Crippen LogP contribution in [0.4, 0.5) is 4.79 Å². The lowest BCUT2D eigenvalue weighted by Gasteiger charge is -2.37. The van der Waals surface area contributed by atoms with E-state index >= 15 is 0 Å². The highest BCUT2D eigenvalue weighted by atomic mass is 16.6. The predicted octanol–water partition coefficient (Wildman–Crippen LogP) is 4.38. The van der Waals surface area contributed by atoms with Crippen LogP contribution in [0.25, 0.3) is 10.8 Å². The van der Waals surface area contributed by atoms with Crippen molar-refractivity contribution in [2.75, 3.05) is 20.1 Å². The molecule has 27 heavy (non-hydrogen) atoms. The van der Waals surface area contributed by atoms with Crippen molar-refractivity contribution in [3.63, 3.8) is 0 Å². The predicted molar refractivity (Wildman–Crippen MR) is 108 cm³/mol. The van der Waals surface area contributed by atoms with Crippen molar-refractivity contribution in [2.45, 2.75) is 51.8 Å². The lowest BCUT2D eigenvalue weighted by molar-refractivity contribution is 0.0149. The van der Waals surface area contributed by atoms with Gasteiger partial charge in [0.05, 0.1) is 0 Å². The van der Waals surface area contributed by atoms with Crippen LogP contribution in [-0.4, -0.2) is 52.8 Å². The van der Waals surface area contributed by atoms with Gasteiger partial charge >= 0.3 is 6.09 Å². The molecule has 0 atom stereocenters. The minimum Gasteiger partial charge on any atom is -0.508 e. The molecule has 1 amide bonds. The molecule has 0 bridgehead atoms. The Labute approximate surface area is 161 Å². The monoisotopic (exact) mass is 370 g/mol. The van der Waals surface area contributed by atoms with Gasteiger partial charge in [-0.2, -0.15) is 0 Å². The molecule has 2 aromatic rings. The van der Waals surface area contributed by atoms with Gasteiger partial charge < -0.3 is 14.7 Å². The molecule has 146 valence electrons. The van der Waals surface area contributed by atoms with Gasteiger partial charge in [0.25, 0.3) is 0 Å². The summed E-state index contributed by atoms with van der Waals surface area (Å²) in [6.07, 6.45) is 1.55. The van der Waals surface area contributed by atoms with E-state index in [9.17, 15) is 9.90 Å². The molecule has 5 heteroatoms. The Morgan fingerprint density at radius 1 is 1.19 bits per heavy atom. The number of hydrogen-bond acceptors (Lipinski definition) is 4. The number of carbonyl (C=O) groups is 1. The van der Waals surface area contributed by atoms with Crippen LogP contribution in [0.15, 0.2) is 36.4 Å². The van der Waals surface area contributed by atoms with Crippen LogP contribution in [-0.2, 0) is 11.3 Å². The second-order valence-electron chi connectivity index (χ2n) is 8.38. The molecule has 0 saturated carbocycles. The third-order valence-electron chi connectivity index (χ3n) is 5.18. The maximum absolute atomic E-state index is 12.3. The van der Waals surface area contributed by atoms with Crippen LogP contribution in [0.3, 0.4) is 0 Å². The molecule has 3 rings (SSSR count). The lowest BCUT2D eigenvalue weighted by Crippen LogP contribution is -2.46. The highest BCUT2D eigenvalue weighted by molar-refractivity contribution is 5.87. The highest BCUT2D eigenvalue weighted by Crippen LogP contribution is 2.29. The van der Waals surface area contributed by atoms with Crippen molar-refractivity contribution in [3.05, 3.63) is 42.0 Å². The zero-order chi connectivity index (χ0) is 19.6. The zero-order valence-corrected chi connectivity index (χ0v) is 16.7. The van der Waals surface area contributed by atoms with Crippen LogP contribution < -0.4 is 0 Å². The van der Waals surface area contributed by atoms with Gasteiger partial charge in [0.15, 0.2) is 0 Å². The molecule has 1 heterocycles. The van der Waals surface area contributed by atoms with E-state index in [2.05, 4.69) is 17.0 Å². The number of likely N-dealkylation sites (tertiary alicyclic amines) is 1. The van der Waals surface area contributed by atoms with Crippen molar-refractivity contribution in [2.24, 2.45) is 0 Å². The fraction of sp³-hybridized carbons (Fsp3) is 0.500. The van der Waals surface area contributed by atoms with Crippen molar-refractivity contribution in [1.29, 1.82) is 0 Å². The first-order chi connectivity index (χ1) is 12.7. The number of ether oxygens (including phenoxy) is 1. The Bertz CT molecular complexity index is 805. The SMILES string of the molecule is CN(C(=O)OC(C)(C)C)C1CCN(Cc2c(O)ccc3ccccc23)CC1. The molecule has 0 spiro atoms. The standard InChI is InChI=1S/C22H30N2O3/c1-22(2,3)27-21(26)23(4)17-11-13-24(14-12-17)15-19-18-8-6-5-7-16(18)9-10-20(19)25/h5-10,17,25H,11-15H2,1-4H3. The van der Waals surface area contributed by atoms with E-state index in [0.717, 1.165) is 48.8 Å². The maximum Gasteiger partial charge on any atom is 0.410 e. The van der Waals surface area contributed by atoms with E-state index in [1.807, 2.05) is 46.0 Å². The molecule has 5 nitrogen and oxygen atoms in total. The van der Waals surface area contributed by atoms with Gasteiger partial charge in [-0.3, -0.25) is 4.90 Å². The Hall–Kier alpha value is -2.27. The number of carbonyl (C=O) groups excluding carboxylic acids is 1. The Kier molecular flexibility index (Phi) is 5.61. The van der Waals surface area contributed by atoms with E-state index in [4.69, 9.17) is 4.74 Å². The summed E-state index contributed by atoms with van der Waals surface area (Å²) in [5.41, 5.74) is 0.504. The van der Waals surface area contributed by atoms with Gasteiger partial charge in [-0.1, -0.05) is 30.3 Å². The molecule has 0 unspecified atom stereocenters. The number of amides is 1. The lowest BCUT2D eigenvalue weighted by atomic mass is 10.00. The second-order valence-corrected chi connectivity index (χ2v) is 8.38. The normalized spacial score (nSPS) is 16.4. The largest absolute Gasteiger partial charge is 0.508 e. The van der Waals surface area contributed by atoms with E-state index < -0.39 is 5.60 Å². The van der Waals surface area contributed by atoms with E-state index in [0.29, 0.717) is 5.75 Å². The number of nitrogens with zero attached hydrogens (tertiary/aromatic N) is 2. The Morgan fingerprint density at radius 2 is 1.85 bits per heavy atom. The molecule has 0 radical (unpaired) electrons. The van der Waals surface area contributed by atoms with Crippen LogP contribution in [0.5, 0.6) is 5.75 Å². The van der Waals surface area contributed by atoms with Crippen molar-refractivity contribution in [3.8, 4) is 5.75 Å². The molecule has 1 saturated heterocycles. The minimum atomic E-state index is -0.474. The van der Waals surface area contributed by atoms with Crippen molar-refractivity contribution in [1.82, 2.24) is 9.80 Å². The molecular formula is C22H30N2O3.